The number of allylic oxidation sites excluding steroid dienone is 4. The zero-order chi connectivity index (χ0) is 48.4. The molecule has 375 valence electrons. The van der Waals surface area contributed by atoms with Crippen LogP contribution < -0.4 is 14.5 Å². The summed E-state index contributed by atoms with van der Waals surface area (Å²) in [7, 11) is 3.27. The summed E-state index contributed by atoms with van der Waals surface area (Å²) in [4.78, 5) is 33.8. The van der Waals surface area contributed by atoms with Crippen molar-refractivity contribution in [2.45, 2.75) is 66.2 Å². The number of nitrogens with zero attached hydrogens (tertiary/aromatic N) is 6. The fraction of sp³-hybridized carbons (Fsp3) is 0.542. The molecule has 0 amide bonds. The minimum atomic E-state index is -1.50. The van der Waals surface area contributed by atoms with Gasteiger partial charge in [-0.1, -0.05) is 37.1 Å². The maximum absolute atomic E-state index is 9.85. The van der Waals surface area contributed by atoms with Crippen LogP contribution in [0.1, 0.15) is 87.3 Å². The third-order valence-electron chi connectivity index (χ3n) is 10.7. The first-order valence-corrected chi connectivity index (χ1v) is 22.7. The van der Waals surface area contributed by atoms with Crippen LogP contribution in [0.25, 0.3) is 44.4 Å². The molecule has 0 unspecified atom stereocenters. The SMILES string of the molecule is CCc1c(CC)c2cc3nc(cnc4cc(OCCOCCOCCOC)c(OCCOCCOCCOC)cc4ncc4nc(cc1[n-]2)C(CCCO)=C4C)C(C)=C3CCCO.O=[N+]([O-])O.[Mn]. The minimum absolute atomic E-state index is 0. The number of ether oxygens (including phenoxy) is 8. The first-order chi connectivity index (χ1) is 32.6. The Balaban J connectivity index is 0.00000235. The van der Waals surface area contributed by atoms with Crippen LogP contribution in [0.4, 0.5) is 0 Å². The van der Waals surface area contributed by atoms with Crippen molar-refractivity contribution in [3.05, 3.63) is 80.7 Å². The Bertz CT molecular complexity index is 2150. The van der Waals surface area contributed by atoms with E-state index in [1.165, 1.54) is 11.1 Å². The van der Waals surface area contributed by atoms with E-state index in [9.17, 15) is 10.2 Å². The van der Waals surface area contributed by atoms with E-state index in [0.717, 1.165) is 57.6 Å². The number of benzene rings is 1. The number of aryl methyl sites for hydroxylation is 2. The van der Waals surface area contributed by atoms with Gasteiger partial charge in [-0.15, -0.1) is 21.1 Å². The van der Waals surface area contributed by atoms with Crippen LogP contribution in [0.15, 0.2) is 36.7 Å². The van der Waals surface area contributed by atoms with Gasteiger partial charge in [-0.25, -0.2) is 9.97 Å². The molecule has 6 bridgehead atoms. The average molecular weight is 991 g/mol. The van der Waals surface area contributed by atoms with Crippen LogP contribution in [0.3, 0.4) is 0 Å². The van der Waals surface area contributed by atoms with Gasteiger partial charge < -0.3 is 58.3 Å². The van der Waals surface area contributed by atoms with Gasteiger partial charge in [0.2, 0.25) is 0 Å². The minimum Gasteiger partial charge on any atom is -0.657 e. The summed E-state index contributed by atoms with van der Waals surface area (Å²) in [5.41, 5.74) is 12.2. The van der Waals surface area contributed by atoms with Gasteiger partial charge in [0.25, 0.3) is 5.09 Å². The Kier molecular flexibility index (Phi) is 27.1. The third kappa shape index (κ3) is 17.9. The summed E-state index contributed by atoms with van der Waals surface area (Å²) in [5.74, 6) is 0.921. The molecule has 0 spiro atoms. The van der Waals surface area contributed by atoms with E-state index in [1.54, 1.807) is 26.6 Å². The number of rotatable bonds is 28. The Labute approximate surface area is 408 Å². The monoisotopic (exact) mass is 990 g/mol. The van der Waals surface area contributed by atoms with Crippen LogP contribution in [-0.2, 0) is 58.3 Å². The molecule has 5 rings (SSSR count). The van der Waals surface area contributed by atoms with Crippen molar-refractivity contribution in [3.63, 3.8) is 0 Å². The van der Waals surface area contributed by atoms with E-state index in [-0.39, 0.29) is 43.5 Å². The molecule has 4 heterocycles. The number of hydrogen-bond acceptors (Lipinski definition) is 16. The molecule has 1 aromatic carbocycles. The van der Waals surface area contributed by atoms with Gasteiger partial charge in [-0.2, -0.15) is 0 Å². The number of aromatic nitrogens is 5. The number of hydrogen-bond donors (Lipinski definition) is 3. The summed E-state index contributed by atoms with van der Waals surface area (Å²) in [5, 5.41) is 33.3. The predicted octanol–water partition coefficient (Wildman–Crippen LogP) is 6.27. The van der Waals surface area contributed by atoms with Crippen LogP contribution >= 0.6 is 0 Å². The number of fused-ring (bicyclic) bond motifs is 7. The van der Waals surface area contributed by atoms with E-state index in [4.69, 9.17) is 78.1 Å². The van der Waals surface area contributed by atoms with Crippen molar-refractivity contribution >= 4 is 44.4 Å². The largest absolute Gasteiger partial charge is 0.657 e. The molecule has 3 aromatic rings. The fourth-order valence-electron chi connectivity index (χ4n) is 7.33. The van der Waals surface area contributed by atoms with Gasteiger partial charge >= 0.3 is 0 Å². The molecule has 68 heavy (non-hydrogen) atoms. The van der Waals surface area contributed by atoms with Crippen LogP contribution in [0, 0.1) is 10.1 Å². The quantitative estimate of drug-likeness (QED) is 0.0314. The average Bonchev–Trinajstić information content (AvgIpc) is 3.91. The second-order valence-electron chi connectivity index (χ2n) is 15.1. The number of aliphatic hydroxyl groups is 2. The summed E-state index contributed by atoms with van der Waals surface area (Å²) in [6.07, 6.45) is 7.61. The van der Waals surface area contributed by atoms with Gasteiger partial charge in [-0.3, -0.25) is 9.97 Å². The van der Waals surface area contributed by atoms with Crippen molar-refractivity contribution in [2.24, 2.45) is 0 Å². The Morgan fingerprint density at radius 1 is 0.588 bits per heavy atom. The molecule has 0 fully saturated rings. The number of methoxy groups -OCH3 is 2. The molecule has 0 atom stereocenters. The molecular weight excluding hydrogens is 923 g/mol. The summed E-state index contributed by atoms with van der Waals surface area (Å²) in [6.45, 7) is 13.4. The molecule has 3 N–H and O–H groups in total. The molecule has 2 aliphatic heterocycles. The summed E-state index contributed by atoms with van der Waals surface area (Å²) >= 11 is 0. The first-order valence-electron chi connectivity index (χ1n) is 22.7. The van der Waals surface area contributed by atoms with Crippen molar-refractivity contribution < 1.29 is 75.5 Å². The third-order valence-corrected chi connectivity index (χ3v) is 10.7. The predicted molar refractivity (Wildman–Crippen MR) is 253 cm³/mol. The van der Waals surface area contributed by atoms with Gasteiger partial charge in [0.05, 0.1) is 112 Å². The molecular formula is C48H67MnN6O13-. The molecule has 20 heteroatoms. The summed E-state index contributed by atoms with van der Waals surface area (Å²) < 4.78 is 45.3. The second-order valence-corrected chi connectivity index (χ2v) is 15.1. The topological polar surface area (TPSA) is 243 Å². The van der Waals surface area contributed by atoms with E-state index < -0.39 is 5.09 Å². The van der Waals surface area contributed by atoms with Crippen LogP contribution in [-0.4, -0.2) is 147 Å². The van der Waals surface area contributed by atoms with Crippen molar-refractivity contribution in [3.8, 4) is 11.5 Å². The molecule has 19 nitrogen and oxygen atoms in total. The normalized spacial score (nSPS) is 12.1. The van der Waals surface area contributed by atoms with E-state index >= 15 is 0 Å². The van der Waals surface area contributed by atoms with E-state index in [0.29, 0.717) is 126 Å². The van der Waals surface area contributed by atoms with Crippen molar-refractivity contribution in [1.82, 2.24) is 24.9 Å². The summed E-state index contributed by atoms with van der Waals surface area (Å²) in [6, 6.07) is 7.78. The van der Waals surface area contributed by atoms with Gasteiger partial charge in [0.1, 0.15) is 13.2 Å². The van der Waals surface area contributed by atoms with E-state index in [2.05, 4.69) is 26.0 Å². The Morgan fingerprint density at radius 3 is 1.28 bits per heavy atom. The molecule has 0 saturated heterocycles. The maximum atomic E-state index is 9.85. The molecule has 2 aliphatic rings. The van der Waals surface area contributed by atoms with E-state index in [1.807, 2.05) is 26.0 Å². The Morgan fingerprint density at radius 2 is 0.941 bits per heavy atom. The number of aliphatic hydroxyl groups excluding tert-OH is 2. The zero-order valence-electron chi connectivity index (χ0n) is 40.1. The molecule has 1 radical (unpaired) electrons. The fourth-order valence-corrected chi connectivity index (χ4v) is 7.33. The Hall–Kier alpha value is -4.86. The van der Waals surface area contributed by atoms with Crippen LogP contribution in [0.2, 0.25) is 0 Å². The van der Waals surface area contributed by atoms with Gasteiger partial charge in [0.15, 0.2) is 11.5 Å². The molecule has 0 saturated carbocycles. The molecule has 0 aliphatic carbocycles. The van der Waals surface area contributed by atoms with Crippen molar-refractivity contribution in [2.75, 3.05) is 107 Å². The maximum Gasteiger partial charge on any atom is 0.291 e. The second kappa shape index (κ2) is 32.0. The molecule has 2 aromatic heterocycles. The van der Waals surface area contributed by atoms with Crippen LogP contribution in [0.5, 0.6) is 11.5 Å². The smallest absolute Gasteiger partial charge is 0.291 e. The van der Waals surface area contributed by atoms with Gasteiger partial charge in [-0.05, 0) is 74.7 Å². The standard InChI is InChI=1S/C48H66N5O10.Mn.HNO3/c1-7-35-36(8-2)40-28-42-38(12-10-14-55)34(4)46(53-42)32-50-44-30-48(63-26-24-61-22-20-59-18-16-57-6)47(62-25-23-60-21-19-58-17-15-56-5)29-43(44)49-31-45-33(3)37(11-9-13-54)41(52-45)27-39(35)51-40;;2-1(3)4/h27-32,54-55H,7-26H2,1-6H3;;(H,2,3,4)/q-1;;. The van der Waals surface area contributed by atoms with Crippen molar-refractivity contribution in [1.29, 1.82) is 0 Å². The zero-order valence-corrected chi connectivity index (χ0v) is 41.3. The van der Waals surface area contributed by atoms with Gasteiger partial charge in [0, 0.05) is 56.6 Å². The first kappa shape index (κ1) is 57.5.